The van der Waals surface area contributed by atoms with E-state index >= 15 is 0 Å². The molecule has 1 aliphatic carbocycles. The molecular weight excluding hydrogens is 402 g/mol. The molecule has 1 amide bonds. The highest BCUT2D eigenvalue weighted by Crippen LogP contribution is 2.29. The molecule has 0 bridgehead atoms. The Kier molecular flexibility index (Phi) is 7.10. The van der Waals surface area contributed by atoms with Crippen LogP contribution in [-0.4, -0.2) is 35.7 Å². The van der Waals surface area contributed by atoms with Gasteiger partial charge in [0.1, 0.15) is 5.82 Å². The molecule has 2 aromatic carbocycles. The van der Waals surface area contributed by atoms with Gasteiger partial charge in [0.25, 0.3) is 0 Å². The van der Waals surface area contributed by atoms with Gasteiger partial charge < -0.3 is 19.4 Å². The van der Waals surface area contributed by atoms with Crippen molar-refractivity contribution in [2.45, 2.75) is 38.6 Å². The Morgan fingerprint density at radius 1 is 1.25 bits per heavy atom. The van der Waals surface area contributed by atoms with Gasteiger partial charge in [-0.25, -0.2) is 4.98 Å². The Balaban J connectivity index is 1.37. The molecule has 1 fully saturated rings. The first-order chi connectivity index (χ1) is 15.7. The van der Waals surface area contributed by atoms with Crippen molar-refractivity contribution in [3.8, 4) is 11.5 Å². The first-order valence-electron chi connectivity index (χ1n) is 11.3. The van der Waals surface area contributed by atoms with Crippen LogP contribution in [0.5, 0.6) is 11.5 Å². The molecule has 1 heterocycles. The van der Waals surface area contributed by atoms with Crippen LogP contribution in [0.2, 0.25) is 0 Å². The summed E-state index contributed by atoms with van der Waals surface area (Å²) in [6.07, 6.45) is 6.26. The number of hydrogen-bond acceptors (Lipinski definition) is 4. The molecule has 1 N–H and O–H groups in total. The number of fused-ring (bicyclic) bond motifs is 1. The number of nitrogens with zero attached hydrogens (tertiary/aromatic N) is 2. The molecule has 1 saturated carbocycles. The molecule has 6 nitrogen and oxygen atoms in total. The molecule has 4 rings (SSSR count). The largest absolute Gasteiger partial charge is 0.493 e. The molecule has 0 aliphatic heterocycles. The van der Waals surface area contributed by atoms with E-state index in [1.54, 1.807) is 7.11 Å². The van der Waals surface area contributed by atoms with Gasteiger partial charge in [0.2, 0.25) is 5.91 Å². The molecule has 168 valence electrons. The van der Waals surface area contributed by atoms with Crippen molar-refractivity contribution in [2.24, 2.45) is 5.92 Å². The predicted octanol–water partition coefficient (Wildman–Crippen LogP) is 4.31. The van der Waals surface area contributed by atoms with Gasteiger partial charge in [0, 0.05) is 25.4 Å². The quantitative estimate of drug-likeness (QED) is 0.341. The number of nitrogens with one attached hydrogen (secondary N) is 1. The van der Waals surface area contributed by atoms with Crippen LogP contribution in [-0.2, 0) is 24.2 Å². The topological polar surface area (TPSA) is 65.4 Å². The summed E-state index contributed by atoms with van der Waals surface area (Å²) >= 11 is 0. The van der Waals surface area contributed by atoms with Crippen LogP contribution in [0.3, 0.4) is 0 Å². The lowest BCUT2D eigenvalue weighted by Gasteiger charge is -2.13. The summed E-state index contributed by atoms with van der Waals surface area (Å²) in [7, 11) is 1.66. The monoisotopic (exact) mass is 433 g/mol. The van der Waals surface area contributed by atoms with Crippen molar-refractivity contribution in [3.05, 3.63) is 66.5 Å². The van der Waals surface area contributed by atoms with Gasteiger partial charge in [-0.2, -0.15) is 0 Å². The Morgan fingerprint density at radius 2 is 2.09 bits per heavy atom. The zero-order valence-electron chi connectivity index (χ0n) is 18.7. The zero-order valence-corrected chi connectivity index (χ0v) is 18.7. The standard InChI is InChI=1S/C26H31N3O3/c1-3-7-19-10-13-23(24(18-19)31-2)32-17-6-16-29-22-9-5-4-8-21(22)28-25(29)14-15-27-26(30)20-11-12-20/h3-5,8-10,13,18,20H,1,6-7,11-12,14-17H2,2H3,(H,27,30). The maximum atomic E-state index is 11.9. The number of methoxy groups -OCH3 is 1. The van der Waals surface area contributed by atoms with E-state index in [9.17, 15) is 4.79 Å². The fourth-order valence-electron chi connectivity index (χ4n) is 3.88. The Labute approximate surface area is 189 Å². The summed E-state index contributed by atoms with van der Waals surface area (Å²) < 4.78 is 13.7. The highest BCUT2D eigenvalue weighted by Gasteiger charge is 2.29. The minimum atomic E-state index is 0.175. The number of hydrogen-bond donors (Lipinski definition) is 1. The molecule has 0 radical (unpaired) electrons. The summed E-state index contributed by atoms with van der Waals surface area (Å²) in [4.78, 5) is 16.7. The van der Waals surface area contributed by atoms with Crippen LogP contribution in [0.4, 0.5) is 0 Å². The third kappa shape index (κ3) is 5.31. The van der Waals surface area contributed by atoms with E-state index in [1.807, 2.05) is 42.5 Å². The first kappa shape index (κ1) is 21.9. The smallest absolute Gasteiger partial charge is 0.223 e. The third-order valence-corrected chi connectivity index (χ3v) is 5.72. The van der Waals surface area contributed by atoms with Gasteiger partial charge in [0.15, 0.2) is 11.5 Å². The van der Waals surface area contributed by atoms with Crippen LogP contribution in [0.1, 0.15) is 30.7 Å². The van der Waals surface area contributed by atoms with Crippen molar-refractivity contribution in [1.82, 2.24) is 14.9 Å². The average Bonchev–Trinajstić information content (AvgIpc) is 3.60. The number of allylic oxidation sites excluding steroid dienone is 1. The normalized spacial score (nSPS) is 13.2. The van der Waals surface area contributed by atoms with Crippen molar-refractivity contribution in [3.63, 3.8) is 0 Å². The number of rotatable bonds is 12. The average molecular weight is 434 g/mol. The maximum absolute atomic E-state index is 11.9. The van der Waals surface area contributed by atoms with Crippen LogP contribution < -0.4 is 14.8 Å². The number of benzene rings is 2. The number of aromatic nitrogens is 2. The number of para-hydroxylation sites is 2. The Morgan fingerprint density at radius 3 is 2.88 bits per heavy atom. The number of aryl methyl sites for hydroxylation is 1. The summed E-state index contributed by atoms with van der Waals surface area (Å²) in [6.45, 7) is 5.77. The van der Waals surface area contributed by atoms with Gasteiger partial charge in [-0.3, -0.25) is 4.79 Å². The predicted molar refractivity (Wildman–Crippen MR) is 126 cm³/mol. The Hall–Kier alpha value is -3.28. The van der Waals surface area contributed by atoms with Gasteiger partial charge >= 0.3 is 0 Å². The second-order valence-electron chi connectivity index (χ2n) is 8.16. The molecule has 1 aliphatic rings. The lowest BCUT2D eigenvalue weighted by Crippen LogP contribution is -2.27. The van der Waals surface area contributed by atoms with Gasteiger partial charge in [-0.05, 0) is 55.5 Å². The van der Waals surface area contributed by atoms with Crippen LogP contribution in [0, 0.1) is 5.92 Å². The van der Waals surface area contributed by atoms with E-state index in [1.165, 1.54) is 0 Å². The second kappa shape index (κ2) is 10.4. The van der Waals surface area contributed by atoms with E-state index in [0.717, 1.165) is 66.1 Å². The van der Waals surface area contributed by atoms with Crippen LogP contribution in [0.25, 0.3) is 11.0 Å². The van der Waals surface area contributed by atoms with Crippen molar-refractivity contribution in [1.29, 1.82) is 0 Å². The van der Waals surface area contributed by atoms with E-state index < -0.39 is 0 Å². The zero-order chi connectivity index (χ0) is 22.3. The van der Waals surface area contributed by atoms with Crippen molar-refractivity contribution >= 4 is 16.9 Å². The first-order valence-corrected chi connectivity index (χ1v) is 11.3. The highest BCUT2D eigenvalue weighted by atomic mass is 16.5. The number of imidazole rings is 1. The number of amides is 1. The molecule has 6 heteroatoms. The SMILES string of the molecule is C=CCc1ccc(OCCCn2c(CCNC(=O)C3CC3)nc3ccccc32)c(OC)c1. The molecule has 0 spiro atoms. The fourth-order valence-corrected chi connectivity index (χ4v) is 3.88. The summed E-state index contributed by atoms with van der Waals surface area (Å²) in [5.41, 5.74) is 3.24. The summed E-state index contributed by atoms with van der Waals surface area (Å²) in [5, 5.41) is 3.04. The lowest BCUT2D eigenvalue weighted by atomic mass is 10.1. The fraction of sp³-hybridized carbons (Fsp3) is 0.385. The van der Waals surface area contributed by atoms with E-state index in [-0.39, 0.29) is 11.8 Å². The molecule has 0 atom stereocenters. The third-order valence-electron chi connectivity index (χ3n) is 5.72. The minimum Gasteiger partial charge on any atom is -0.493 e. The Bertz CT molecular complexity index is 1090. The molecule has 0 saturated heterocycles. The maximum Gasteiger partial charge on any atom is 0.223 e. The molecule has 3 aromatic rings. The molecular formula is C26H31N3O3. The van der Waals surface area contributed by atoms with Crippen molar-refractivity contribution < 1.29 is 14.3 Å². The molecule has 1 aromatic heterocycles. The van der Waals surface area contributed by atoms with Crippen LogP contribution >= 0.6 is 0 Å². The number of carbonyl (C=O) groups excluding carboxylic acids is 1. The minimum absolute atomic E-state index is 0.175. The van der Waals surface area contributed by atoms with Crippen LogP contribution in [0.15, 0.2) is 55.1 Å². The number of carbonyl (C=O) groups is 1. The second-order valence-corrected chi connectivity index (χ2v) is 8.16. The molecule has 32 heavy (non-hydrogen) atoms. The highest BCUT2D eigenvalue weighted by molar-refractivity contribution is 5.80. The van der Waals surface area contributed by atoms with E-state index in [0.29, 0.717) is 19.6 Å². The lowest BCUT2D eigenvalue weighted by molar-refractivity contribution is -0.122. The van der Waals surface area contributed by atoms with Crippen molar-refractivity contribution in [2.75, 3.05) is 20.3 Å². The summed E-state index contributed by atoms with van der Waals surface area (Å²) in [5.74, 6) is 2.89. The summed E-state index contributed by atoms with van der Waals surface area (Å²) in [6, 6.07) is 14.2. The van der Waals surface area contributed by atoms with Gasteiger partial charge in [-0.1, -0.05) is 24.3 Å². The number of ether oxygens (including phenoxy) is 2. The van der Waals surface area contributed by atoms with Gasteiger partial charge in [0.05, 0.1) is 24.8 Å². The van der Waals surface area contributed by atoms with E-state index in [2.05, 4.69) is 22.5 Å². The molecule has 0 unspecified atom stereocenters. The van der Waals surface area contributed by atoms with Gasteiger partial charge in [-0.15, -0.1) is 6.58 Å². The van der Waals surface area contributed by atoms with E-state index in [4.69, 9.17) is 14.5 Å².